The third kappa shape index (κ3) is 3.83. The SMILES string of the molecule is CCC(CCNC)Nc1cc(-c2c(C)cccc2F)cc2cncnc12. The van der Waals surface area contributed by atoms with Crippen LogP contribution in [0.2, 0.25) is 0 Å². The summed E-state index contributed by atoms with van der Waals surface area (Å²) in [7, 11) is 1.96. The van der Waals surface area contributed by atoms with Gasteiger partial charge in [-0.2, -0.15) is 0 Å². The molecule has 1 atom stereocenters. The normalized spacial score (nSPS) is 12.3. The number of aryl methyl sites for hydroxylation is 1. The molecule has 0 aliphatic rings. The van der Waals surface area contributed by atoms with Crippen LogP contribution in [0.15, 0.2) is 42.9 Å². The molecule has 136 valence electrons. The van der Waals surface area contributed by atoms with Crippen molar-refractivity contribution < 1.29 is 4.39 Å². The molecule has 0 aliphatic carbocycles. The van der Waals surface area contributed by atoms with Crippen molar-refractivity contribution in [1.82, 2.24) is 15.3 Å². The van der Waals surface area contributed by atoms with E-state index in [1.165, 1.54) is 6.07 Å². The number of halogens is 1. The molecule has 0 bridgehead atoms. The first-order chi connectivity index (χ1) is 12.6. The van der Waals surface area contributed by atoms with Gasteiger partial charge in [0.05, 0.1) is 11.2 Å². The lowest BCUT2D eigenvalue weighted by Gasteiger charge is -2.20. The fourth-order valence-electron chi connectivity index (χ4n) is 3.27. The Morgan fingerprint density at radius 2 is 2.08 bits per heavy atom. The summed E-state index contributed by atoms with van der Waals surface area (Å²) < 4.78 is 14.5. The van der Waals surface area contributed by atoms with Crippen molar-refractivity contribution in [3.63, 3.8) is 0 Å². The van der Waals surface area contributed by atoms with Gasteiger partial charge in [-0.1, -0.05) is 19.1 Å². The second-order valence-corrected chi connectivity index (χ2v) is 6.56. The van der Waals surface area contributed by atoms with E-state index < -0.39 is 0 Å². The monoisotopic (exact) mass is 352 g/mol. The van der Waals surface area contributed by atoms with Gasteiger partial charge in [0.1, 0.15) is 12.1 Å². The van der Waals surface area contributed by atoms with Crippen LogP contribution in [0.3, 0.4) is 0 Å². The summed E-state index contributed by atoms with van der Waals surface area (Å²) >= 11 is 0. The Morgan fingerprint density at radius 3 is 2.81 bits per heavy atom. The number of nitrogens with one attached hydrogen (secondary N) is 2. The van der Waals surface area contributed by atoms with Gasteiger partial charge in [-0.05, 0) is 62.7 Å². The molecule has 0 radical (unpaired) electrons. The molecule has 26 heavy (non-hydrogen) atoms. The molecule has 3 rings (SSSR count). The number of hydrogen-bond acceptors (Lipinski definition) is 4. The van der Waals surface area contributed by atoms with Gasteiger partial charge in [0.2, 0.25) is 0 Å². The molecule has 0 spiro atoms. The van der Waals surface area contributed by atoms with E-state index in [1.54, 1.807) is 18.6 Å². The summed E-state index contributed by atoms with van der Waals surface area (Å²) in [6.07, 6.45) is 5.33. The molecule has 0 saturated heterocycles. The van der Waals surface area contributed by atoms with Gasteiger partial charge in [0.15, 0.2) is 0 Å². The summed E-state index contributed by atoms with van der Waals surface area (Å²) in [5.74, 6) is -0.214. The number of fused-ring (bicyclic) bond motifs is 1. The van der Waals surface area contributed by atoms with E-state index in [0.717, 1.165) is 47.1 Å². The van der Waals surface area contributed by atoms with Gasteiger partial charge in [0, 0.05) is 23.2 Å². The van der Waals surface area contributed by atoms with Crippen LogP contribution in [-0.2, 0) is 0 Å². The van der Waals surface area contributed by atoms with Crippen molar-refractivity contribution in [2.24, 2.45) is 0 Å². The van der Waals surface area contributed by atoms with Crippen LogP contribution in [0.1, 0.15) is 25.3 Å². The van der Waals surface area contributed by atoms with Crippen molar-refractivity contribution >= 4 is 16.6 Å². The van der Waals surface area contributed by atoms with Gasteiger partial charge in [-0.25, -0.2) is 14.4 Å². The zero-order valence-electron chi connectivity index (χ0n) is 15.5. The van der Waals surface area contributed by atoms with Gasteiger partial charge >= 0.3 is 0 Å². The lowest BCUT2D eigenvalue weighted by Crippen LogP contribution is -2.24. The number of anilines is 1. The van der Waals surface area contributed by atoms with E-state index in [-0.39, 0.29) is 5.82 Å². The first kappa shape index (κ1) is 18.3. The highest BCUT2D eigenvalue weighted by molar-refractivity contribution is 5.94. The van der Waals surface area contributed by atoms with Crippen LogP contribution in [-0.4, -0.2) is 29.6 Å². The molecular formula is C21H25FN4. The van der Waals surface area contributed by atoms with Crippen LogP contribution in [0, 0.1) is 12.7 Å². The molecule has 0 fully saturated rings. The summed E-state index contributed by atoms with van der Waals surface area (Å²) in [6.45, 7) is 5.03. The summed E-state index contributed by atoms with van der Waals surface area (Å²) in [6, 6.07) is 9.45. The summed E-state index contributed by atoms with van der Waals surface area (Å²) in [5, 5.41) is 7.70. The fourth-order valence-corrected chi connectivity index (χ4v) is 3.27. The van der Waals surface area contributed by atoms with E-state index in [1.807, 2.05) is 32.2 Å². The third-order valence-electron chi connectivity index (χ3n) is 4.71. The molecule has 5 heteroatoms. The van der Waals surface area contributed by atoms with Crippen molar-refractivity contribution in [3.8, 4) is 11.1 Å². The third-order valence-corrected chi connectivity index (χ3v) is 4.71. The quantitative estimate of drug-likeness (QED) is 0.655. The molecule has 2 N–H and O–H groups in total. The topological polar surface area (TPSA) is 49.8 Å². The van der Waals surface area contributed by atoms with Gasteiger partial charge in [-0.15, -0.1) is 0 Å². The first-order valence-electron chi connectivity index (χ1n) is 9.04. The predicted octanol–water partition coefficient (Wildman–Crippen LogP) is 4.54. The number of aromatic nitrogens is 2. The molecule has 1 heterocycles. The van der Waals surface area contributed by atoms with E-state index >= 15 is 0 Å². The molecular weight excluding hydrogens is 327 g/mol. The number of benzene rings is 2. The lowest BCUT2D eigenvalue weighted by atomic mass is 9.97. The van der Waals surface area contributed by atoms with E-state index in [4.69, 9.17) is 0 Å². The largest absolute Gasteiger partial charge is 0.380 e. The maximum Gasteiger partial charge on any atom is 0.131 e. The molecule has 3 aromatic rings. The highest BCUT2D eigenvalue weighted by Crippen LogP contribution is 2.33. The standard InChI is InChI=1S/C21H25FN4/c1-4-17(8-9-23-3)26-19-11-15(10-16-12-24-13-25-21(16)19)20-14(2)6-5-7-18(20)22/h5-7,10-13,17,23,26H,4,8-9H2,1-3H3. The van der Waals surface area contributed by atoms with E-state index in [9.17, 15) is 4.39 Å². The Morgan fingerprint density at radius 1 is 1.23 bits per heavy atom. The van der Waals surface area contributed by atoms with Crippen molar-refractivity contribution in [3.05, 3.63) is 54.2 Å². The predicted molar refractivity (Wildman–Crippen MR) is 106 cm³/mol. The molecule has 2 aromatic carbocycles. The van der Waals surface area contributed by atoms with Crippen LogP contribution in [0.5, 0.6) is 0 Å². The first-order valence-corrected chi connectivity index (χ1v) is 9.04. The molecule has 1 unspecified atom stereocenters. The molecule has 4 nitrogen and oxygen atoms in total. The zero-order valence-corrected chi connectivity index (χ0v) is 15.5. The minimum atomic E-state index is -0.214. The number of nitrogens with zero attached hydrogens (tertiary/aromatic N) is 2. The Labute approximate surface area is 153 Å². The number of rotatable bonds is 7. The summed E-state index contributed by atoms with van der Waals surface area (Å²) in [4.78, 5) is 8.59. The van der Waals surface area contributed by atoms with Crippen molar-refractivity contribution in [2.75, 3.05) is 18.9 Å². The number of hydrogen-bond donors (Lipinski definition) is 2. The average Bonchev–Trinajstić information content (AvgIpc) is 2.65. The Bertz CT molecular complexity index is 874. The molecule has 0 amide bonds. The van der Waals surface area contributed by atoms with Crippen LogP contribution in [0.25, 0.3) is 22.0 Å². The second-order valence-electron chi connectivity index (χ2n) is 6.56. The minimum absolute atomic E-state index is 0.214. The van der Waals surface area contributed by atoms with Crippen molar-refractivity contribution in [2.45, 2.75) is 32.7 Å². The van der Waals surface area contributed by atoms with E-state index in [0.29, 0.717) is 11.6 Å². The summed E-state index contributed by atoms with van der Waals surface area (Å²) in [5.41, 5.74) is 4.17. The van der Waals surface area contributed by atoms with Crippen LogP contribution >= 0.6 is 0 Å². The van der Waals surface area contributed by atoms with Gasteiger partial charge in [0.25, 0.3) is 0 Å². The van der Waals surface area contributed by atoms with Crippen molar-refractivity contribution in [1.29, 1.82) is 0 Å². The minimum Gasteiger partial charge on any atom is -0.380 e. The molecule has 0 saturated carbocycles. The zero-order chi connectivity index (χ0) is 18.5. The fraction of sp³-hybridized carbons (Fsp3) is 0.333. The lowest BCUT2D eigenvalue weighted by molar-refractivity contribution is 0.605. The van der Waals surface area contributed by atoms with Crippen LogP contribution in [0.4, 0.5) is 10.1 Å². The average molecular weight is 352 g/mol. The van der Waals surface area contributed by atoms with Crippen LogP contribution < -0.4 is 10.6 Å². The smallest absolute Gasteiger partial charge is 0.131 e. The van der Waals surface area contributed by atoms with Gasteiger partial charge < -0.3 is 10.6 Å². The second kappa shape index (κ2) is 8.23. The Balaban J connectivity index is 2.10. The molecule has 1 aromatic heterocycles. The maximum absolute atomic E-state index is 14.5. The Kier molecular flexibility index (Phi) is 5.78. The highest BCUT2D eigenvalue weighted by atomic mass is 19.1. The maximum atomic E-state index is 14.5. The van der Waals surface area contributed by atoms with Gasteiger partial charge in [-0.3, -0.25) is 0 Å². The molecule has 0 aliphatic heterocycles. The highest BCUT2D eigenvalue weighted by Gasteiger charge is 2.14. The Hall–Kier alpha value is -2.53. The van der Waals surface area contributed by atoms with E-state index in [2.05, 4.69) is 27.5 Å².